The van der Waals surface area contributed by atoms with Gasteiger partial charge in [-0.1, -0.05) is 12.1 Å². The number of nitrogens with zero attached hydrogens (tertiary/aromatic N) is 2. The molecule has 0 aromatic carbocycles. The van der Waals surface area contributed by atoms with Crippen LogP contribution in [0.4, 0.5) is 5.82 Å². The lowest BCUT2D eigenvalue weighted by atomic mass is 10.2. The molecule has 0 radical (unpaired) electrons. The number of hydrogen-bond acceptors (Lipinski definition) is 5. The van der Waals surface area contributed by atoms with Gasteiger partial charge in [0.1, 0.15) is 10.7 Å². The normalized spacial score (nSPS) is 18.8. The quantitative estimate of drug-likeness (QED) is 0.901. The summed E-state index contributed by atoms with van der Waals surface area (Å²) in [5.41, 5.74) is 0. The van der Waals surface area contributed by atoms with Crippen molar-refractivity contribution in [2.24, 2.45) is 0 Å². The molecule has 0 amide bonds. The first kappa shape index (κ1) is 16.2. The Bertz CT molecular complexity index is 768. The van der Waals surface area contributed by atoms with Crippen molar-refractivity contribution in [3.05, 3.63) is 46.8 Å². The molecule has 5 nitrogen and oxygen atoms in total. The Morgan fingerprint density at radius 2 is 2.26 bits per heavy atom. The maximum Gasteiger partial charge on any atom is 0.241 e. The van der Waals surface area contributed by atoms with Crippen molar-refractivity contribution in [2.45, 2.75) is 23.8 Å². The summed E-state index contributed by atoms with van der Waals surface area (Å²) in [5.74, 6) is 0.818. The maximum absolute atomic E-state index is 11.8. The minimum atomic E-state index is -3.44. The van der Waals surface area contributed by atoms with Crippen LogP contribution in [0.25, 0.3) is 6.08 Å². The van der Waals surface area contributed by atoms with E-state index in [1.54, 1.807) is 23.5 Å². The second-order valence-corrected chi connectivity index (χ2v) is 8.20. The second-order valence-electron chi connectivity index (χ2n) is 5.34. The van der Waals surface area contributed by atoms with Gasteiger partial charge in [-0.25, -0.2) is 18.1 Å². The van der Waals surface area contributed by atoms with Crippen LogP contribution >= 0.6 is 11.3 Å². The van der Waals surface area contributed by atoms with E-state index in [0.717, 1.165) is 25.2 Å². The van der Waals surface area contributed by atoms with Crippen LogP contribution in [0.5, 0.6) is 0 Å². The highest BCUT2D eigenvalue weighted by atomic mass is 32.2. The number of pyridine rings is 1. The molecular formula is C16H19N3O2S2. The van der Waals surface area contributed by atoms with Gasteiger partial charge in [0.2, 0.25) is 10.0 Å². The lowest BCUT2D eigenvalue weighted by Crippen LogP contribution is -2.28. The molecule has 3 rings (SSSR count). The zero-order valence-electron chi connectivity index (χ0n) is 12.8. The zero-order chi connectivity index (χ0) is 16.3. The molecule has 2 aromatic heterocycles. The van der Waals surface area contributed by atoms with Gasteiger partial charge in [0.15, 0.2) is 0 Å². The van der Waals surface area contributed by atoms with E-state index in [0.29, 0.717) is 6.04 Å². The lowest BCUT2D eigenvalue weighted by molar-refractivity contribution is 0.588. The van der Waals surface area contributed by atoms with E-state index in [1.165, 1.54) is 18.1 Å². The highest BCUT2D eigenvalue weighted by Crippen LogP contribution is 2.26. The fraction of sp³-hybridized carbons (Fsp3) is 0.312. The van der Waals surface area contributed by atoms with Crippen molar-refractivity contribution in [1.29, 1.82) is 0 Å². The molecule has 1 unspecified atom stereocenters. The van der Waals surface area contributed by atoms with Gasteiger partial charge in [-0.2, -0.15) is 0 Å². The number of sulfonamides is 1. The molecule has 23 heavy (non-hydrogen) atoms. The summed E-state index contributed by atoms with van der Waals surface area (Å²) in [5, 5.41) is 2.06. The molecule has 1 N–H and O–H groups in total. The van der Waals surface area contributed by atoms with Crippen LogP contribution in [0.1, 0.15) is 17.7 Å². The van der Waals surface area contributed by atoms with Gasteiger partial charge >= 0.3 is 0 Å². The SMILES string of the molecule is CNS(=O)(=O)c1ccc(N2CCCC2/C=C/c2cccs2)nc1. The van der Waals surface area contributed by atoms with Crippen molar-refractivity contribution in [3.8, 4) is 0 Å². The summed E-state index contributed by atoms with van der Waals surface area (Å²) >= 11 is 1.72. The standard InChI is InChI=1S/C16H19N3O2S2/c1-17-23(20,21)15-8-9-16(18-12-15)19-10-2-4-13(19)6-7-14-5-3-11-22-14/h3,5-9,11-13,17H,2,4,10H2,1H3/b7-6+. The minimum Gasteiger partial charge on any atom is -0.350 e. The van der Waals surface area contributed by atoms with E-state index in [4.69, 9.17) is 0 Å². The number of hydrogen-bond donors (Lipinski definition) is 1. The third kappa shape index (κ3) is 3.63. The summed E-state index contributed by atoms with van der Waals surface area (Å²) in [6, 6.07) is 7.82. The Balaban J connectivity index is 1.77. The number of rotatable bonds is 5. The predicted octanol–water partition coefficient (Wildman–Crippen LogP) is 2.73. The van der Waals surface area contributed by atoms with Gasteiger partial charge in [-0.3, -0.25) is 0 Å². The maximum atomic E-state index is 11.8. The summed E-state index contributed by atoms with van der Waals surface area (Å²) < 4.78 is 25.8. The highest BCUT2D eigenvalue weighted by molar-refractivity contribution is 7.89. The Morgan fingerprint density at radius 3 is 2.91 bits per heavy atom. The topological polar surface area (TPSA) is 62.3 Å². The molecule has 0 saturated carbocycles. The molecule has 1 atom stereocenters. The van der Waals surface area contributed by atoms with E-state index in [1.807, 2.05) is 6.07 Å². The smallest absolute Gasteiger partial charge is 0.241 e. The third-order valence-electron chi connectivity index (χ3n) is 3.92. The predicted molar refractivity (Wildman–Crippen MR) is 94.2 cm³/mol. The van der Waals surface area contributed by atoms with Crippen LogP contribution in [-0.2, 0) is 10.0 Å². The molecule has 0 aliphatic carbocycles. The van der Waals surface area contributed by atoms with E-state index in [9.17, 15) is 8.42 Å². The summed E-state index contributed by atoms with van der Waals surface area (Å²) in [6.07, 6.45) is 7.96. The van der Waals surface area contributed by atoms with E-state index in [2.05, 4.69) is 38.2 Å². The molecular weight excluding hydrogens is 330 g/mol. The van der Waals surface area contributed by atoms with Gasteiger partial charge in [-0.05, 0) is 49.5 Å². The molecule has 1 saturated heterocycles. The molecule has 1 aliphatic rings. The highest BCUT2D eigenvalue weighted by Gasteiger charge is 2.24. The Kier molecular flexibility index (Phi) is 4.79. The summed E-state index contributed by atoms with van der Waals surface area (Å²) in [6.45, 7) is 0.935. The summed E-state index contributed by atoms with van der Waals surface area (Å²) in [7, 11) is -2.04. The van der Waals surface area contributed by atoms with Crippen LogP contribution in [0.15, 0.2) is 46.8 Å². The molecule has 3 heterocycles. The van der Waals surface area contributed by atoms with Gasteiger partial charge < -0.3 is 4.90 Å². The van der Waals surface area contributed by atoms with Crippen LogP contribution in [-0.4, -0.2) is 33.0 Å². The zero-order valence-corrected chi connectivity index (χ0v) is 14.5. The average molecular weight is 349 g/mol. The van der Waals surface area contributed by atoms with Gasteiger partial charge in [-0.15, -0.1) is 11.3 Å². The first-order valence-electron chi connectivity index (χ1n) is 7.48. The fourth-order valence-corrected chi connectivity index (χ4v) is 3.99. The molecule has 7 heteroatoms. The largest absolute Gasteiger partial charge is 0.350 e. The van der Waals surface area contributed by atoms with Gasteiger partial charge in [0.25, 0.3) is 0 Å². The second kappa shape index (κ2) is 6.82. The number of nitrogens with one attached hydrogen (secondary N) is 1. The van der Waals surface area contributed by atoms with Crippen LogP contribution in [0, 0.1) is 0 Å². The molecule has 122 valence electrons. The van der Waals surface area contributed by atoms with Crippen molar-refractivity contribution in [2.75, 3.05) is 18.5 Å². The summed E-state index contributed by atoms with van der Waals surface area (Å²) in [4.78, 5) is 7.99. The molecule has 1 aliphatic heterocycles. The number of thiophene rings is 1. The molecule has 2 aromatic rings. The Morgan fingerprint density at radius 1 is 1.39 bits per heavy atom. The lowest BCUT2D eigenvalue weighted by Gasteiger charge is -2.23. The monoisotopic (exact) mass is 349 g/mol. The first-order valence-corrected chi connectivity index (χ1v) is 9.84. The molecule has 1 fully saturated rings. The van der Waals surface area contributed by atoms with Gasteiger partial charge in [0, 0.05) is 23.7 Å². The Hall–Kier alpha value is -1.70. The van der Waals surface area contributed by atoms with Gasteiger partial charge in [0.05, 0.1) is 0 Å². The van der Waals surface area contributed by atoms with E-state index >= 15 is 0 Å². The van der Waals surface area contributed by atoms with E-state index in [-0.39, 0.29) is 4.90 Å². The van der Waals surface area contributed by atoms with Crippen molar-refractivity contribution in [3.63, 3.8) is 0 Å². The van der Waals surface area contributed by atoms with Crippen molar-refractivity contribution in [1.82, 2.24) is 9.71 Å². The Labute approximate surface area is 140 Å². The number of anilines is 1. The van der Waals surface area contributed by atoms with Crippen LogP contribution < -0.4 is 9.62 Å². The van der Waals surface area contributed by atoms with Crippen LogP contribution in [0.3, 0.4) is 0 Å². The average Bonchev–Trinajstić information content (AvgIpc) is 3.24. The first-order chi connectivity index (χ1) is 11.1. The van der Waals surface area contributed by atoms with Crippen LogP contribution in [0.2, 0.25) is 0 Å². The fourth-order valence-electron chi connectivity index (χ4n) is 2.69. The van der Waals surface area contributed by atoms with Crippen molar-refractivity contribution >= 4 is 33.3 Å². The molecule has 0 spiro atoms. The van der Waals surface area contributed by atoms with E-state index < -0.39 is 10.0 Å². The number of aromatic nitrogens is 1. The minimum absolute atomic E-state index is 0.189. The molecule has 0 bridgehead atoms. The third-order valence-corrected chi connectivity index (χ3v) is 6.16. The van der Waals surface area contributed by atoms with Crippen molar-refractivity contribution < 1.29 is 8.42 Å².